The first-order valence-electron chi connectivity index (χ1n) is 9.31. The van der Waals surface area contributed by atoms with Crippen LogP contribution < -0.4 is 14.8 Å². The second-order valence-electron chi connectivity index (χ2n) is 6.63. The summed E-state index contributed by atoms with van der Waals surface area (Å²) in [7, 11) is 1.64. The third-order valence-corrected chi connectivity index (χ3v) is 4.59. The van der Waals surface area contributed by atoms with Gasteiger partial charge in [0.25, 0.3) is 5.91 Å². The molecule has 1 aliphatic rings. The lowest BCUT2D eigenvalue weighted by molar-refractivity contribution is 0.0920. The molecule has 1 atom stereocenters. The molecule has 3 rings (SSSR count). The number of aryl methyl sites for hydroxylation is 1. The van der Waals surface area contributed by atoms with E-state index in [1.807, 2.05) is 32.0 Å². The quantitative estimate of drug-likeness (QED) is 0.718. The summed E-state index contributed by atoms with van der Waals surface area (Å²) in [6.07, 6.45) is 0.843. The van der Waals surface area contributed by atoms with E-state index in [9.17, 15) is 4.79 Å². The Hall–Kier alpha value is -2.54. The van der Waals surface area contributed by atoms with Gasteiger partial charge in [-0.1, -0.05) is 12.1 Å². The van der Waals surface area contributed by atoms with Crippen molar-refractivity contribution in [2.24, 2.45) is 5.92 Å². The lowest BCUT2D eigenvalue weighted by atomic mass is 9.96. The summed E-state index contributed by atoms with van der Waals surface area (Å²) in [5.41, 5.74) is 2.49. The Morgan fingerprint density at radius 2 is 2.30 bits per heavy atom. The first-order valence-corrected chi connectivity index (χ1v) is 9.31. The molecule has 0 saturated heterocycles. The molecule has 1 aromatic carbocycles. The van der Waals surface area contributed by atoms with Gasteiger partial charge < -0.3 is 19.5 Å². The molecule has 1 N–H and O–H groups in total. The minimum absolute atomic E-state index is 0.122. The molecule has 27 heavy (non-hydrogen) atoms. The molecule has 1 amide bonds. The molecule has 0 spiro atoms. The lowest BCUT2D eigenvalue weighted by Gasteiger charge is -2.26. The van der Waals surface area contributed by atoms with Gasteiger partial charge in [-0.3, -0.25) is 9.48 Å². The average molecular weight is 373 g/mol. The van der Waals surface area contributed by atoms with Crippen molar-refractivity contribution in [2.75, 3.05) is 33.5 Å². The number of hydrogen-bond acceptors (Lipinski definition) is 5. The van der Waals surface area contributed by atoms with Crippen molar-refractivity contribution in [1.82, 2.24) is 15.1 Å². The number of rotatable bonds is 8. The van der Waals surface area contributed by atoms with E-state index in [2.05, 4.69) is 10.4 Å². The SMILES string of the molecule is CCOCCn1nc(C)cc1C(=O)NC[C@H]1COc2c(cccc2OC)C1. The van der Waals surface area contributed by atoms with Gasteiger partial charge in [0.2, 0.25) is 0 Å². The second kappa shape index (κ2) is 8.90. The molecule has 2 aromatic rings. The minimum atomic E-state index is -0.122. The summed E-state index contributed by atoms with van der Waals surface area (Å²) >= 11 is 0. The highest BCUT2D eigenvalue weighted by Gasteiger charge is 2.24. The number of benzene rings is 1. The molecule has 7 nitrogen and oxygen atoms in total. The molecule has 0 aliphatic carbocycles. The van der Waals surface area contributed by atoms with E-state index in [0.29, 0.717) is 38.6 Å². The van der Waals surface area contributed by atoms with Gasteiger partial charge in [-0.25, -0.2) is 0 Å². The van der Waals surface area contributed by atoms with Gasteiger partial charge in [0, 0.05) is 19.1 Å². The van der Waals surface area contributed by atoms with Crippen molar-refractivity contribution in [3.8, 4) is 11.5 Å². The number of methoxy groups -OCH3 is 1. The first kappa shape index (κ1) is 19.2. The van der Waals surface area contributed by atoms with E-state index in [0.717, 1.165) is 29.2 Å². The van der Waals surface area contributed by atoms with E-state index in [-0.39, 0.29) is 11.8 Å². The van der Waals surface area contributed by atoms with Crippen molar-refractivity contribution < 1.29 is 19.0 Å². The Morgan fingerprint density at radius 1 is 1.44 bits per heavy atom. The molecule has 0 fully saturated rings. The highest BCUT2D eigenvalue weighted by Crippen LogP contribution is 2.35. The van der Waals surface area contributed by atoms with Crippen LogP contribution in [-0.2, 0) is 17.7 Å². The first-order chi connectivity index (χ1) is 13.1. The third-order valence-electron chi connectivity index (χ3n) is 4.59. The fraction of sp³-hybridized carbons (Fsp3) is 0.500. The second-order valence-corrected chi connectivity index (χ2v) is 6.63. The standard InChI is InChI=1S/C20H27N3O4/c1-4-26-9-8-23-17(10-14(2)22-23)20(24)21-12-15-11-16-6-5-7-18(25-3)19(16)27-13-15/h5-7,10,15H,4,8-9,11-13H2,1-3H3,(H,21,24)/t15-/m0/s1. The predicted molar refractivity (Wildman–Crippen MR) is 101 cm³/mol. The number of nitrogens with zero attached hydrogens (tertiary/aromatic N) is 2. The molecular weight excluding hydrogens is 346 g/mol. The highest BCUT2D eigenvalue weighted by molar-refractivity contribution is 5.92. The summed E-state index contributed by atoms with van der Waals surface area (Å²) in [6, 6.07) is 7.70. The van der Waals surface area contributed by atoms with E-state index in [1.54, 1.807) is 17.9 Å². The Bertz CT molecular complexity index is 788. The largest absolute Gasteiger partial charge is 0.493 e. The fourth-order valence-electron chi connectivity index (χ4n) is 3.27. The van der Waals surface area contributed by atoms with Crippen LogP contribution in [0.1, 0.15) is 28.7 Å². The van der Waals surface area contributed by atoms with Crippen molar-refractivity contribution in [2.45, 2.75) is 26.8 Å². The van der Waals surface area contributed by atoms with Crippen molar-refractivity contribution in [3.05, 3.63) is 41.2 Å². The van der Waals surface area contributed by atoms with Crippen LogP contribution >= 0.6 is 0 Å². The van der Waals surface area contributed by atoms with Crippen LogP contribution in [0.2, 0.25) is 0 Å². The maximum Gasteiger partial charge on any atom is 0.269 e. The molecule has 0 radical (unpaired) electrons. The van der Waals surface area contributed by atoms with Crippen LogP contribution in [0, 0.1) is 12.8 Å². The predicted octanol–water partition coefficient (Wildman–Crippen LogP) is 2.22. The van der Waals surface area contributed by atoms with Crippen molar-refractivity contribution >= 4 is 5.91 Å². The summed E-state index contributed by atoms with van der Waals surface area (Å²) in [5.74, 6) is 1.66. The monoisotopic (exact) mass is 373 g/mol. The van der Waals surface area contributed by atoms with Crippen LogP contribution in [0.5, 0.6) is 11.5 Å². The van der Waals surface area contributed by atoms with Gasteiger partial charge in [-0.2, -0.15) is 5.10 Å². The van der Waals surface area contributed by atoms with Crippen molar-refractivity contribution in [1.29, 1.82) is 0 Å². The number of carbonyl (C=O) groups excluding carboxylic acids is 1. The number of carbonyl (C=O) groups is 1. The van der Waals surface area contributed by atoms with Gasteiger partial charge >= 0.3 is 0 Å². The van der Waals surface area contributed by atoms with E-state index in [4.69, 9.17) is 14.2 Å². The number of hydrogen-bond donors (Lipinski definition) is 1. The van der Waals surface area contributed by atoms with Crippen LogP contribution in [0.4, 0.5) is 0 Å². The molecule has 0 saturated carbocycles. The molecule has 0 bridgehead atoms. The zero-order chi connectivity index (χ0) is 19.2. The number of amides is 1. The van der Waals surface area contributed by atoms with Gasteiger partial charge in [-0.05, 0) is 38.0 Å². The van der Waals surface area contributed by atoms with Gasteiger partial charge in [0.05, 0.1) is 32.6 Å². The maximum absolute atomic E-state index is 12.6. The van der Waals surface area contributed by atoms with Gasteiger partial charge in [-0.15, -0.1) is 0 Å². The Balaban J connectivity index is 1.58. The summed E-state index contributed by atoms with van der Waals surface area (Å²) < 4.78 is 18.3. The number of nitrogens with one attached hydrogen (secondary N) is 1. The van der Waals surface area contributed by atoms with Crippen LogP contribution in [0.3, 0.4) is 0 Å². The molecule has 0 unspecified atom stereocenters. The topological polar surface area (TPSA) is 74.6 Å². The average Bonchev–Trinajstić information content (AvgIpc) is 3.06. The van der Waals surface area contributed by atoms with Crippen LogP contribution in [0.15, 0.2) is 24.3 Å². The highest BCUT2D eigenvalue weighted by atomic mass is 16.5. The Labute approximate surface area is 159 Å². The zero-order valence-corrected chi connectivity index (χ0v) is 16.2. The van der Waals surface area contributed by atoms with E-state index in [1.165, 1.54) is 0 Å². The number of fused-ring (bicyclic) bond motifs is 1. The Kier molecular flexibility index (Phi) is 6.34. The summed E-state index contributed by atoms with van der Waals surface area (Å²) in [4.78, 5) is 12.6. The smallest absolute Gasteiger partial charge is 0.269 e. The molecule has 146 valence electrons. The summed E-state index contributed by atoms with van der Waals surface area (Å²) in [5, 5.41) is 7.40. The molecule has 1 aromatic heterocycles. The normalized spacial score (nSPS) is 15.7. The fourth-order valence-corrected chi connectivity index (χ4v) is 3.27. The number of aromatic nitrogens is 2. The minimum Gasteiger partial charge on any atom is -0.493 e. The molecular formula is C20H27N3O4. The molecule has 2 heterocycles. The lowest BCUT2D eigenvalue weighted by Crippen LogP contribution is -2.36. The number of ether oxygens (including phenoxy) is 3. The number of para-hydroxylation sites is 1. The Morgan fingerprint density at radius 3 is 3.07 bits per heavy atom. The van der Waals surface area contributed by atoms with Gasteiger partial charge in [0.1, 0.15) is 5.69 Å². The van der Waals surface area contributed by atoms with Crippen LogP contribution in [0.25, 0.3) is 0 Å². The molecule has 1 aliphatic heterocycles. The van der Waals surface area contributed by atoms with Crippen LogP contribution in [-0.4, -0.2) is 49.2 Å². The van der Waals surface area contributed by atoms with E-state index < -0.39 is 0 Å². The van der Waals surface area contributed by atoms with E-state index >= 15 is 0 Å². The third kappa shape index (κ3) is 4.60. The molecule has 7 heteroatoms. The summed E-state index contributed by atoms with van der Waals surface area (Å²) in [6.45, 7) is 6.67. The zero-order valence-electron chi connectivity index (χ0n) is 16.2. The maximum atomic E-state index is 12.6. The van der Waals surface area contributed by atoms with Gasteiger partial charge in [0.15, 0.2) is 11.5 Å². The van der Waals surface area contributed by atoms with Crippen molar-refractivity contribution in [3.63, 3.8) is 0 Å².